The Morgan fingerprint density at radius 3 is 1.93 bits per heavy atom. The van der Waals surface area contributed by atoms with Gasteiger partial charge in [-0.3, -0.25) is 0 Å². The highest BCUT2D eigenvalue weighted by atomic mass is 35.5. The Morgan fingerprint density at radius 1 is 0.929 bits per heavy atom. The van der Waals surface area contributed by atoms with E-state index in [0.29, 0.717) is 0 Å². The first kappa shape index (κ1) is 9.97. The van der Waals surface area contributed by atoms with Crippen LogP contribution in [0.3, 0.4) is 0 Å². The molecule has 0 spiro atoms. The van der Waals surface area contributed by atoms with Gasteiger partial charge in [0.05, 0.1) is 0 Å². The second kappa shape index (κ2) is 3.54. The molecule has 14 heavy (non-hydrogen) atoms. The van der Waals surface area contributed by atoms with Crippen molar-refractivity contribution in [3.63, 3.8) is 0 Å². The summed E-state index contributed by atoms with van der Waals surface area (Å²) in [6.07, 6.45) is 3.21. The van der Waals surface area contributed by atoms with Crippen LogP contribution in [-0.2, 0) is 5.12 Å². The van der Waals surface area contributed by atoms with E-state index in [0.717, 1.165) is 5.56 Å². The van der Waals surface area contributed by atoms with Gasteiger partial charge in [0.25, 0.3) is 0 Å². The third-order valence-electron chi connectivity index (χ3n) is 2.04. The van der Waals surface area contributed by atoms with Gasteiger partial charge in [0.15, 0.2) is 0 Å². The third-order valence-corrected chi connectivity index (χ3v) is 3.51. The zero-order valence-corrected chi connectivity index (χ0v) is 9.34. The fourth-order valence-corrected chi connectivity index (χ4v) is 2.04. The second-order valence-electron chi connectivity index (χ2n) is 2.87. The first-order chi connectivity index (χ1) is 6.65. The number of halogens is 3. The molecule has 0 radical (unpaired) electrons. The highest BCUT2D eigenvalue weighted by Gasteiger charge is 2.43. The fraction of sp³-hybridized carbons (Fsp3) is 0.111. The van der Waals surface area contributed by atoms with E-state index in [4.69, 9.17) is 35.2 Å². The Labute approximate surface area is 97.5 Å². The molecule has 0 N–H and O–H groups in total. The topological polar surface area (TPSA) is 6.48 Å². The Hall–Kier alpha value is -0.570. The Kier molecular flexibility index (Phi) is 2.52. The molecule has 0 saturated heterocycles. The molecule has 74 valence electrons. The van der Waals surface area contributed by atoms with Gasteiger partial charge >= 0.3 is 0 Å². The monoisotopic (exact) mass is 248 g/mol. The van der Waals surface area contributed by atoms with Gasteiger partial charge in [-0.15, -0.1) is 0 Å². The summed E-state index contributed by atoms with van der Waals surface area (Å²) in [4.78, 5) is 0. The van der Waals surface area contributed by atoms with Crippen LogP contribution >= 0.6 is 35.2 Å². The van der Waals surface area contributed by atoms with Crippen LogP contribution in [0.15, 0.2) is 42.7 Å². The van der Waals surface area contributed by atoms with Gasteiger partial charge in [-0.05, 0) is 0 Å². The molecule has 0 atom stereocenters. The van der Waals surface area contributed by atoms with Gasteiger partial charge in [0, 0.05) is 41.5 Å². The largest absolute Gasteiger partial charge is 0.247 e. The standard InChI is InChI=1S/C9H7Cl3N2/c10-9(8-4-2-1-3-5-8)13(11)6-7-14(9)12/h1-7H. The first-order valence-electron chi connectivity index (χ1n) is 3.98. The molecule has 2 nitrogen and oxygen atoms in total. The van der Waals surface area contributed by atoms with Crippen molar-refractivity contribution in [1.82, 2.24) is 8.84 Å². The van der Waals surface area contributed by atoms with Gasteiger partial charge < -0.3 is 0 Å². The van der Waals surface area contributed by atoms with Crippen LogP contribution in [0, 0.1) is 0 Å². The van der Waals surface area contributed by atoms with Crippen LogP contribution < -0.4 is 0 Å². The molecule has 0 bridgehead atoms. The summed E-state index contributed by atoms with van der Waals surface area (Å²) in [5.41, 5.74) is 0.816. The molecule has 1 aromatic rings. The zero-order chi connectivity index (χ0) is 10.2. The second-order valence-corrected chi connectivity index (χ2v) is 4.13. The van der Waals surface area contributed by atoms with Crippen molar-refractivity contribution >= 4 is 35.2 Å². The summed E-state index contributed by atoms with van der Waals surface area (Å²) in [7, 11) is 0. The number of hydrogen-bond donors (Lipinski definition) is 0. The molecule has 0 amide bonds. The summed E-state index contributed by atoms with van der Waals surface area (Å²) in [6.45, 7) is 0. The lowest BCUT2D eigenvalue weighted by Crippen LogP contribution is -2.37. The third kappa shape index (κ3) is 1.34. The van der Waals surface area contributed by atoms with Crippen molar-refractivity contribution in [2.75, 3.05) is 0 Å². The first-order valence-corrected chi connectivity index (χ1v) is 5.04. The molecule has 0 aromatic heterocycles. The zero-order valence-electron chi connectivity index (χ0n) is 7.07. The van der Waals surface area contributed by atoms with Crippen LogP contribution in [0.5, 0.6) is 0 Å². The van der Waals surface area contributed by atoms with Crippen molar-refractivity contribution in [2.24, 2.45) is 0 Å². The molecule has 1 aliphatic rings. The van der Waals surface area contributed by atoms with Crippen molar-refractivity contribution in [3.8, 4) is 0 Å². The molecule has 0 fully saturated rings. The van der Waals surface area contributed by atoms with Crippen LogP contribution in [0.4, 0.5) is 0 Å². The highest BCUT2D eigenvalue weighted by molar-refractivity contribution is 6.31. The van der Waals surface area contributed by atoms with Crippen molar-refractivity contribution in [3.05, 3.63) is 48.3 Å². The van der Waals surface area contributed by atoms with Crippen LogP contribution in [0.2, 0.25) is 0 Å². The maximum Gasteiger partial charge on any atom is 0.244 e. The Morgan fingerprint density at radius 2 is 1.43 bits per heavy atom. The number of rotatable bonds is 1. The van der Waals surface area contributed by atoms with E-state index in [9.17, 15) is 0 Å². The summed E-state index contributed by atoms with van der Waals surface area (Å²) >= 11 is 18.2. The van der Waals surface area contributed by atoms with E-state index < -0.39 is 5.12 Å². The van der Waals surface area contributed by atoms with E-state index >= 15 is 0 Å². The van der Waals surface area contributed by atoms with Crippen molar-refractivity contribution in [2.45, 2.75) is 5.12 Å². The van der Waals surface area contributed by atoms with Gasteiger partial charge in [-0.1, -0.05) is 41.9 Å². The number of alkyl halides is 1. The maximum atomic E-state index is 6.32. The average molecular weight is 250 g/mol. The van der Waals surface area contributed by atoms with E-state index in [1.807, 2.05) is 30.3 Å². The van der Waals surface area contributed by atoms with E-state index in [2.05, 4.69) is 0 Å². The minimum absolute atomic E-state index is 0.816. The van der Waals surface area contributed by atoms with Gasteiger partial charge in [0.1, 0.15) is 0 Å². The number of benzene rings is 1. The predicted octanol–water partition coefficient (Wildman–Crippen LogP) is 3.43. The van der Waals surface area contributed by atoms with Crippen LogP contribution in [0.25, 0.3) is 0 Å². The number of hydrogen-bond acceptors (Lipinski definition) is 2. The fourth-order valence-electron chi connectivity index (χ4n) is 1.30. The summed E-state index contributed by atoms with van der Waals surface area (Å²) < 4.78 is 2.66. The van der Waals surface area contributed by atoms with E-state index in [1.165, 1.54) is 8.84 Å². The quantitative estimate of drug-likeness (QED) is 0.427. The Bertz CT molecular complexity index is 340. The molecular formula is C9H7Cl3N2. The summed E-state index contributed by atoms with van der Waals surface area (Å²) in [6, 6.07) is 9.40. The van der Waals surface area contributed by atoms with E-state index in [-0.39, 0.29) is 0 Å². The predicted molar refractivity (Wildman–Crippen MR) is 58.5 cm³/mol. The lowest BCUT2D eigenvalue weighted by molar-refractivity contribution is 0.273. The lowest BCUT2D eigenvalue weighted by atomic mass is 10.2. The van der Waals surface area contributed by atoms with Crippen molar-refractivity contribution < 1.29 is 0 Å². The molecule has 1 heterocycles. The maximum absolute atomic E-state index is 6.32. The summed E-state index contributed by atoms with van der Waals surface area (Å²) in [5, 5.41) is -1.04. The van der Waals surface area contributed by atoms with Crippen LogP contribution in [-0.4, -0.2) is 8.84 Å². The van der Waals surface area contributed by atoms with Gasteiger partial charge in [0.2, 0.25) is 5.12 Å². The van der Waals surface area contributed by atoms with Gasteiger partial charge in [-0.25, -0.2) is 8.84 Å². The highest BCUT2D eigenvalue weighted by Crippen LogP contribution is 2.43. The average Bonchev–Trinajstić information content (AvgIpc) is 2.49. The molecule has 1 aromatic carbocycles. The summed E-state index contributed by atoms with van der Waals surface area (Å²) in [5.74, 6) is 0. The SMILES string of the molecule is ClN1C=CN(Cl)C1(Cl)c1ccccc1. The molecule has 1 aliphatic heterocycles. The molecule has 5 heteroatoms. The minimum atomic E-state index is -1.04. The lowest BCUT2D eigenvalue weighted by Gasteiger charge is -2.32. The van der Waals surface area contributed by atoms with Crippen molar-refractivity contribution in [1.29, 1.82) is 0 Å². The molecule has 0 unspecified atom stereocenters. The normalized spacial score (nSPS) is 19.1. The van der Waals surface area contributed by atoms with Gasteiger partial charge in [-0.2, -0.15) is 0 Å². The Balaban J connectivity index is 2.42. The van der Waals surface area contributed by atoms with Crippen LogP contribution in [0.1, 0.15) is 5.56 Å². The molecular weight excluding hydrogens is 242 g/mol. The number of nitrogens with zero attached hydrogens (tertiary/aromatic N) is 2. The smallest absolute Gasteiger partial charge is 0.244 e. The molecule has 2 rings (SSSR count). The molecule has 0 aliphatic carbocycles. The minimum Gasteiger partial charge on any atom is -0.247 e. The van der Waals surface area contributed by atoms with E-state index in [1.54, 1.807) is 12.4 Å². The molecule has 0 saturated carbocycles.